The third-order valence-corrected chi connectivity index (χ3v) is 2.38. The predicted molar refractivity (Wildman–Crippen MR) is 55.1 cm³/mol. The average Bonchev–Trinajstić information content (AvgIpc) is 2.29. The zero-order valence-electron chi connectivity index (χ0n) is 9.03. The molecule has 1 N–H and O–H groups in total. The Labute approximate surface area is 90.0 Å². The van der Waals surface area contributed by atoms with Gasteiger partial charge in [-0.3, -0.25) is 4.79 Å². The molecule has 84 valence electrons. The van der Waals surface area contributed by atoms with Crippen molar-refractivity contribution in [3.8, 4) is 6.07 Å². The number of carbonyl (C=O) groups excluding carboxylic acids is 1. The molecule has 0 radical (unpaired) electrons. The zero-order chi connectivity index (χ0) is 11.1. The number of nitrogens with one attached hydrogen (secondary N) is 1. The summed E-state index contributed by atoms with van der Waals surface area (Å²) in [6.07, 6.45) is 0.431. The summed E-state index contributed by atoms with van der Waals surface area (Å²) in [4.78, 5) is 13.6. The Morgan fingerprint density at radius 3 is 2.87 bits per heavy atom. The zero-order valence-corrected chi connectivity index (χ0v) is 9.03. The topological polar surface area (TPSA) is 65.4 Å². The Morgan fingerprint density at radius 2 is 2.27 bits per heavy atom. The molecule has 1 aliphatic heterocycles. The summed E-state index contributed by atoms with van der Waals surface area (Å²) < 4.78 is 5.17. The van der Waals surface area contributed by atoms with E-state index in [-0.39, 0.29) is 11.9 Å². The van der Waals surface area contributed by atoms with Crippen molar-refractivity contribution >= 4 is 5.91 Å². The number of morpholine rings is 1. The van der Waals surface area contributed by atoms with E-state index < -0.39 is 0 Å². The molecule has 5 heteroatoms. The first-order valence-corrected chi connectivity index (χ1v) is 5.22. The lowest BCUT2D eigenvalue weighted by Crippen LogP contribution is -2.49. The van der Waals surface area contributed by atoms with Gasteiger partial charge in [0.25, 0.3) is 0 Å². The van der Waals surface area contributed by atoms with Gasteiger partial charge in [0.05, 0.1) is 25.3 Å². The van der Waals surface area contributed by atoms with Crippen molar-refractivity contribution in [2.24, 2.45) is 0 Å². The van der Waals surface area contributed by atoms with E-state index in [1.54, 1.807) is 4.90 Å². The molecule has 1 saturated heterocycles. The summed E-state index contributed by atoms with van der Waals surface area (Å²) >= 11 is 0. The molecule has 1 rings (SSSR count). The fraction of sp³-hybridized carbons (Fsp3) is 0.800. The van der Waals surface area contributed by atoms with E-state index >= 15 is 0 Å². The lowest BCUT2D eigenvalue weighted by Gasteiger charge is -2.29. The molecule has 0 aliphatic carbocycles. The quantitative estimate of drug-likeness (QED) is 0.650. The molecule has 0 aromatic rings. The van der Waals surface area contributed by atoms with Crippen molar-refractivity contribution in [2.75, 3.05) is 32.8 Å². The van der Waals surface area contributed by atoms with Crippen LogP contribution in [-0.4, -0.2) is 49.7 Å². The highest BCUT2D eigenvalue weighted by molar-refractivity contribution is 5.81. The van der Waals surface area contributed by atoms with Gasteiger partial charge in [0.1, 0.15) is 0 Å². The Hall–Kier alpha value is -1.12. The van der Waals surface area contributed by atoms with Crippen molar-refractivity contribution in [3.05, 3.63) is 0 Å². The fourth-order valence-electron chi connectivity index (χ4n) is 1.49. The largest absolute Gasteiger partial charge is 0.378 e. The molecule has 1 fully saturated rings. The minimum Gasteiger partial charge on any atom is -0.378 e. The van der Waals surface area contributed by atoms with Crippen LogP contribution in [0.5, 0.6) is 0 Å². The van der Waals surface area contributed by atoms with Crippen LogP contribution in [0.2, 0.25) is 0 Å². The molecule has 1 amide bonds. The molecule has 1 heterocycles. The van der Waals surface area contributed by atoms with Gasteiger partial charge in [0.2, 0.25) is 5.91 Å². The maximum atomic E-state index is 11.8. The van der Waals surface area contributed by atoms with E-state index in [1.165, 1.54) is 0 Å². The fourth-order valence-corrected chi connectivity index (χ4v) is 1.49. The Morgan fingerprint density at radius 1 is 1.60 bits per heavy atom. The molecule has 1 atom stereocenters. The Kier molecular flexibility index (Phi) is 5.08. The SMILES string of the molecule is CC(NCCC#N)C(=O)N1CCOCC1. The van der Waals surface area contributed by atoms with Crippen LogP contribution in [0.15, 0.2) is 0 Å². The molecule has 15 heavy (non-hydrogen) atoms. The first-order chi connectivity index (χ1) is 7.25. The van der Waals surface area contributed by atoms with E-state index in [0.29, 0.717) is 39.3 Å². The van der Waals surface area contributed by atoms with E-state index in [9.17, 15) is 4.79 Å². The number of amides is 1. The van der Waals surface area contributed by atoms with Crippen molar-refractivity contribution < 1.29 is 9.53 Å². The molecule has 1 aliphatic rings. The minimum absolute atomic E-state index is 0.0937. The van der Waals surface area contributed by atoms with E-state index in [1.807, 2.05) is 13.0 Å². The van der Waals surface area contributed by atoms with Gasteiger partial charge in [0.15, 0.2) is 0 Å². The smallest absolute Gasteiger partial charge is 0.239 e. The first kappa shape index (κ1) is 12.0. The van der Waals surface area contributed by atoms with Crippen molar-refractivity contribution in [1.29, 1.82) is 5.26 Å². The Balaban J connectivity index is 2.28. The second-order valence-corrected chi connectivity index (χ2v) is 3.52. The molecule has 0 bridgehead atoms. The van der Waals surface area contributed by atoms with Crippen molar-refractivity contribution in [3.63, 3.8) is 0 Å². The van der Waals surface area contributed by atoms with Crippen LogP contribution in [0.1, 0.15) is 13.3 Å². The lowest BCUT2D eigenvalue weighted by molar-refractivity contribution is -0.137. The molecule has 0 aromatic carbocycles. The highest BCUT2D eigenvalue weighted by Crippen LogP contribution is 2.00. The molecule has 1 unspecified atom stereocenters. The van der Waals surface area contributed by atoms with Crippen LogP contribution in [-0.2, 0) is 9.53 Å². The van der Waals surface area contributed by atoms with Crippen LogP contribution in [0, 0.1) is 11.3 Å². The number of nitrogens with zero attached hydrogens (tertiary/aromatic N) is 2. The number of ether oxygens (including phenoxy) is 1. The van der Waals surface area contributed by atoms with Crippen LogP contribution in [0.25, 0.3) is 0 Å². The van der Waals surface area contributed by atoms with Gasteiger partial charge in [-0.15, -0.1) is 0 Å². The molecular weight excluding hydrogens is 194 g/mol. The van der Waals surface area contributed by atoms with Gasteiger partial charge in [-0.2, -0.15) is 5.26 Å². The highest BCUT2D eigenvalue weighted by Gasteiger charge is 2.21. The second kappa shape index (κ2) is 6.38. The molecule has 0 spiro atoms. The predicted octanol–water partition coefficient (Wildman–Crippen LogP) is -0.263. The van der Waals surface area contributed by atoms with E-state index in [4.69, 9.17) is 10.00 Å². The van der Waals surface area contributed by atoms with Gasteiger partial charge < -0.3 is 15.0 Å². The summed E-state index contributed by atoms with van der Waals surface area (Å²) in [7, 11) is 0. The number of nitriles is 1. The summed E-state index contributed by atoms with van der Waals surface area (Å²) in [6, 6.07) is 1.82. The van der Waals surface area contributed by atoms with Gasteiger partial charge >= 0.3 is 0 Å². The summed E-state index contributed by atoms with van der Waals surface area (Å²) in [5.74, 6) is 0.0937. The molecule has 0 saturated carbocycles. The number of hydrogen-bond acceptors (Lipinski definition) is 4. The minimum atomic E-state index is -0.212. The third-order valence-electron chi connectivity index (χ3n) is 2.38. The van der Waals surface area contributed by atoms with E-state index in [0.717, 1.165) is 0 Å². The van der Waals surface area contributed by atoms with E-state index in [2.05, 4.69) is 5.32 Å². The third kappa shape index (κ3) is 3.86. The van der Waals surface area contributed by atoms with Gasteiger partial charge in [-0.05, 0) is 6.92 Å². The number of hydrogen-bond donors (Lipinski definition) is 1. The molecular formula is C10H17N3O2. The summed E-state index contributed by atoms with van der Waals surface area (Å²) in [5.41, 5.74) is 0. The van der Waals surface area contributed by atoms with Crippen LogP contribution < -0.4 is 5.32 Å². The second-order valence-electron chi connectivity index (χ2n) is 3.52. The average molecular weight is 211 g/mol. The number of rotatable bonds is 4. The van der Waals surface area contributed by atoms with Crippen LogP contribution in [0.3, 0.4) is 0 Å². The highest BCUT2D eigenvalue weighted by atomic mass is 16.5. The standard InChI is InChI=1S/C10H17N3O2/c1-9(12-4-2-3-11)10(14)13-5-7-15-8-6-13/h9,12H,2,4-8H2,1H3. The van der Waals surface area contributed by atoms with Gasteiger partial charge in [-0.25, -0.2) is 0 Å². The van der Waals surface area contributed by atoms with Crippen LogP contribution in [0.4, 0.5) is 0 Å². The van der Waals surface area contributed by atoms with Crippen molar-refractivity contribution in [2.45, 2.75) is 19.4 Å². The maximum Gasteiger partial charge on any atom is 0.239 e. The van der Waals surface area contributed by atoms with Crippen molar-refractivity contribution in [1.82, 2.24) is 10.2 Å². The van der Waals surface area contributed by atoms with Gasteiger partial charge in [0, 0.05) is 26.1 Å². The maximum absolute atomic E-state index is 11.8. The molecule has 0 aromatic heterocycles. The monoisotopic (exact) mass is 211 g/mol. The first-order valence-electron chi connectivity index (χ1n) is 5.22. The normalized spacial score (nSPS) is 18.3. The molecule has 5 nitrogen and oxygen atoms in total. The summed E-state index contributed by atoms with van der Waals surface area (Å²) in [6.45, 7) is 4.97. The lowest BCUT2D eigenvalue weighted by atomic mass is 10.2. The van der Waals surface area contributed by atoms with Crippen LogP contribution >= 0.6 is 0 Å². The Bertz CT molecular complexity index is 244. The number of carbonyl (C=O) groups is 1. The summed E-state index contributed by atoms with van der Waals surface area (Å²) in [5, 5.41) is 11.4. The van der Waals surface area contributed by atoms with Gasteiger partial charge in [-0.1, -0.05) is 0 Å².